The van der Waals surface area contributed by atoms with Gasteiger partial charge in [0.25, 0.3) is 0 Å². The topological polar surface area (TPSA) is 35.2 Å². The average Bonchev–Trinajstić information content (AvgIpc) is 2.48. The molecule has 0 unspecified atom stereocenters. The molecule has 0 aliphatic rings. The summed E-state index contributed by atoms with van der Waals surface area (Å²) in [4.78, 5) is 1.43. The number of hydrogen-bond acceptors (Lipinski definition) is 3. The number of benzene rings is 2. The van der Waals surface area contributed by atoms with Gasteiger partial charge in [0.2, 0.25) is 0 Å². The molecule has 0 amide bonds. The number of thioether (sulfide) groups is 1. The molecule has 2 rings (SSSR count). The van der Waals surface area contributed by atoms with Gasteiger partial charge in [-0.3, -0.25) is 0 Å². The molecule has 0 saturated heterocycles. The summed E-state index contributed by atoms with van der Waals surface area (Å²) in [6, 6.07) is 14.0. The third-order valence-electron chi connectivity index (χ3n) is 3.09. The SMILES string of the molecule is CCSc1cccc(Oc2ccc(CC)cc2)c1C(N)=S. The van der Waals surface area contributed by atoms with Crippen LogP contribution in [0.3, 0.4) is 0 Å². The predicted octanol–water partition coefficient (Wildman–Crippen LogP) is 4.79. The molecule has 2 aromatic rings. The van der Waals surface area contributed by atoms with Gasteiger partial charge < -0.3 is 10.5 Å². The van der Waals surface area contributed by atoms with Crippen molar-refractivity contribution in [3.8, 4) is 11.5 Å². The molecule has 0 saturated carbocycles. The van der Waals surface area contributed by atoms with Crippen molar-refractivity contribution in [3.63, 3.8) is 0 Å². The summed E-state index contributed by atoms with van der Waals surface area (Å²) in [5, 5.41) is 0. The van der Waals surface area contributed by atoms with Gasteiger partial charge in [-0.15, -0.1) is 11.8 Å². The summed E-state index contributed by atoms with van der Waals surface area (Å²) in [6.45, 7) is 4.23. The van der Waals surface area contributed by atoms with Crippen LogP contribution in [0, 0.1) is 0 Å². The molecule has 2 aromatic carbocycles. The summed E-state index contributed by atoms with van der Waals surface area (Å²) in [6.07, 6.45) is 1.01. The lowest BCUT2D eigenvalue weighted by Crippen LogP contribution is -2.12. The van der Waals surface area contributed by atoms with Crippen LogP contribution in [-0.4, -0.2) is 10.7 Å². The second-order valence-corrected chi connectivity index (χ2v) is 6.27. The summed E-state index contributed by atoms with van der Waals surface area (Å²) in [5.74, 6) is 2.47. The fourth-order valence-corrected chi connectivity index (χ4v) is 3.15. The highest BCUT2D eigenvalue weighted by molar-refractivity contribution is 7.99. The zero-order chi connectivity index (χ0) is 15.2. The minimum Gasteiger partial charge on any atom is -0.457 e. The van der Waals surface area contributed by atoms with Crippen LogP contribution in [0.1, 0.15) is 25.0 Å². The van der Waals surface area contributed by atoms with E-state index in [4.69, 9.17) is 22.7 Å². The van der Waals surface area contributed by atoms with Crippen molar-refractivity contribution >= 4 is 29.0 Å². The highest BCUT2D eigenvalue weighted by Gasteiger charge is 2.13. The second-order valence-electron chi connectivity index (χ2n) is 4.53. The van der Waals surface area contributed by atoms with Gasteiger partial charge in [0.05, 0.1) is 5.56 Å². The molecule has 0 aromatic heterocycles. The van der Waals surface area contributed by atoms with Gasteiger partial charge in [0.1, 0.15) is 16.5 Å². The molecule has 0 atom stereocenters. The number of ether oxygens (including phenoxy) is 1. The van der Waals surface area contributed by atoms with Crippen LogP contribution in [-0.2, 0) is 6.42 Å². The fraction of sp³-hybridized carbons (Fsp3) is 0.235. The molecule has 0 fully saturated rings. The van der Waals surface area contributed by atoms with Gasteiger partial charge in [-0.1, -0.05) is 44.3 Å². The summed E-state index contributed by atoms with van der Waals surface area (Å²) in [7, 11) is 0. The van der Waals surface area contributed by atoms with Crippen molar-refractivity contribution in [2.45, 2.75) is 25.2 Å². The first-order chi connectivity index (χ1) is 10.2. The first-order valence-corrected chi connectivity index (χ1v) is 8.37. The number of nitrogens with two attached hydrogens (primary N) is 1. The van der Waals surface area contributed by atoms with Crippen LogP contribution in [0.15, 0.2) is 47.4 Å². The van der Waals surface area contributed by atoms with E-state index in [0.29, 0.717) is 10.7 Å². The standard InChI is InChI=1S/C17H19NOS2/c1-3-12-8-10-13(11-9-12)19-14-6-5-7-15(21-4-2)16(14)17(18)20/h5-11H,3-4H2,1-2H3,(H2,18,20). The molecule has 110 valence electrons. The Morgan fingerprint density at radius 1 is 1.14 bits per heavy atom. The zero-order valence-corrected chi connectivity index (χ0v) is 13.9. The van der Waals surface area contributed by atoms with E-state index in [1.165, 1.54) is 5.56 Å². The van der Waals surface area contributed by atoms with Crippen molar-refractivity contribution in [2.24, 2.45) is 5.73 Å². The number of rotatable bonds is 6. The van der Waals surface area contributed by atoms with Gasteiger partial charge >= 0.3 is 0 Å². The van der Waals surface area contributed by atoms with Crippen molar-refractivity contribution in [3.05, 3.63) is 53.6 Å². The maximum Gasteiger partial charge on any atom is 0.138 e. The fourth-order valence-electron chi connectivity index (χ4n) is 2.03. The molecular formula is C17H19NOS2. The molecule has 0 aliphatic heterocycles. The quantitative estimate of drug-likeness (QED) is 0.614. The lowest BCUT2D eigenvalue weighted by atomic mass is 10.1. The van der Waals surface area contributed by atoms with Crippen molar-refractivity contribution in [1.82, 2.24) is 0 Å². The summed E-state index contributed by atoms with van der Waals surface area (Å²) >= 11 is 6.91. The lowest BCUT2D eigenvalue weighted by molar-refractivity contribution is 0.480. The first-order valence-electron chi connectivity index (χ1n) is 6.98. The van der Waals surface area contributed by atoms with E-state index in [0.717, 1.165) is 28.4 Å². The third-order valence-corrected chi connectivity index (χ3v) is 4.24. The van der Waals surface area contributed by atoms with Gasteiger partial charge in [0.15, 0.2) is 0 Å². The Bertz CT molecular complexity index is 623. The molecule has 0 bridgehead atoms. The Balaban J connectivity index is 2.33. The maximum atomic E-state index is 5.98. The van der Waals surface area contributed by atoms with Gasteiger partial charge in [-0.25, -0.2) is 0 Å². The molecule has 21 heavy (non-hydrogen) atoms. The molecule has 2 nitrogen and oxygen atoms in total. The van der Waals surface area contributed by atoms with E-state index >= 15 is 0 Å². The minimum atomic E-state index is 0.367. The summed E-state index contributed by atoms with van der Waals surface area (Å²) < 4.78 is 5.98. The van der Waals surface area contributed by atoms with Crippen LogP contribution in [0.2, 0.25) is 0 Å². The van der Waals surface area contributed by atoms with Gasteiger partial charge in [-0.05, 0) is 42.0 Å². The largest absolute Gasteiger partial charge is 0.457 e. The van der Waals surface area contributed by atoms with Crippen LogP contribution in [0.4, 0.5) is 0 Å². The monoisotopic (exact) mass is 317 g/mol. The smallest absolute Gasteiger partial charge is 0.138 e. The number of hydrogen-bond donors (Lipinski definition) is 1. The Kier molecular flexibility index (Phi) is 5.65. The second kappa shape index (κ2) is 7.48. The van der Waals surface area contributed by atoms with Crippen LogP contribution >= 0.6 is 24.0 Å². The molecule has 0 radical (unpaired) electrons. The van der Waals surface area contributed by atoms with Crippen LogP contribution < -0.4 is 10.5 Å². The normalized spacial score (nSPS) is 10.4. The maximum absolute atomic E-state index is 5.98. The highest BCUT2D eigenvalue weighted by Crippen LogP contribution is 2.33. The Labute approximate surface area is 135 Å². The van der Waals surface area contributed by atoms with E-state index in [1.54, 1.807) is 11.8 Å². The molecular weight excluding hydrogens is 298 g/mol. The van der Waals surface area contributed by atoms with E-state index in [9.17, 15) is 0 Å². The lowest BCUT2D eigenvalue weighted by Gasteiger charge is -2.14. The average molecular weight is 317 g/mol. The van der Waals surface area contributed by atoms with Crippen molar-refractivity contribution in [2.75, 3.05) is 5.75 Å². The van der Waals surface area contributed by atoms with Gasteiger partial charge in [0, 0.05) is 4.90 Å². The predicted molar refractivity (Wildman–Crippen MR) is 94.6 cm³/mol. The molecule has 4 heteroatoms. The zero-order valence-electron chi connectivity index (χ0n) is 12.3. The van der Waals surface area contributed by atoms with Crippen molar-refractivity contribution in [1.29, 1.82) is 0 Å². The van der Waals surface area contributed by atoms with Crippen LogP contribution in [0.5, 0.6) is 11.5 Å². The number of aryl methyl sites for hydroxylation is 1. The van der Waals surface area contributed by atoms with Crippen LogP contribution in [0.25, 0.3) is 0 Å². The van der Waals surface area contributed by atoms with E-state index < -0.39 is 0 Å². The van der Waals surface area contributed by atoms with Crippen molar-refractivity contribution < 1.29 is 4.74 Å². The van der Waals surface area contributed by atoms with E-state index in [1.807, 2.05) is 30.3 Å². The molecule has 2 N–H and O–H groups in total. The molecule has 0 heterocycles. The van der Waals surface area contributed by atoms with E-state index in [-0.39, 0.29) is 0 Å². The molecule has 0 aliphatic carbocycles. The Morgan fingerprint density at radius 3 is 2.43 bits per heavy atom. The molecule has 0 spiro atoms. The Hall–Kier alpha value is -1.52. The third kappa shape index (κ3) is 3.99. The van der Waals surface area contributed by atoms with Gasteiger partial charge in [-0.2, -0.15) is 0 Å². The van der Waals surface area contributed by atoms with E-state index in [2.05, 4.69) is 26.0 Å². The first kappa shape index (κ1) is 15.9. The Morgan fingerprint density at radius 2 is 1.86 bits per heavy atom. The minimum absolute atomic E-state index is 0.367. The highest BCUT2D eigenvalue weighted by atomic mass is 32.2. The summed E-state index contributed by atoms with van der Waals surface area (Å²) in [5.41, 5.74) is 7.99. The number of thiocarbonyl (C=S) groups is 1.